The van der Waals surface area contributed by atoms with Crippen molar-refractivity contribution in [2.24, 2.45) is 11.7 Å². The third kappa shape index (κ3) is 5.88. The third-order valence-corrected chi connectivity index (χ3v) is 3.74. The first-order valence-electron chi connectivity index (χ1n) is 7.87. The standard InChI is InChI=1S/C18H30N2O/c1-13(9-8-10-14(2)19)17(21)20-16-12-7-6-11-15(16)18(3,4)5/h6-7,11-14H,8-10,19H2,1-5H3,(H,20,21). The van der Waals surface area contributed by atoms with Crippen LogP contribution in [0.15, 0.2) is 24.3 Å². The second-order valence-corrected chi connectivity index (χ2v) is 7.09. The predicted octanol–water partition coefficient (Wildman–Crippen LogP) is 4.08. The number of nitrogens with one attached hydrogen (secondary N) is 1. The number of carbonyl (C=O) groups excluding carboxylic acids is 1. The fourth-order valence-corrected chi connectivity index (χ4v) is 2.38. The second kappa shape index (κ2) is 7.60. The molecule has 0 saturated carbocycles. The maximum absolute atomic E-state index is 12.3. The molecule has 0 saturated heterocycles. The molecule has 1 rings (SSSR count). The molecular formula is C18H30N2O. The topological polar surface area (TPSA) is 55.1 Å². The molecule has 1 amide bonds. The molecule has 0 aliphatic carbocycles. The summed E-state index contributed by atoms with van der Waals surface area (Å²) in [5.41, 5.74) is 7.85. The van der Waals surface area contributed by atoms with Gasteiger partial charge in [0, 0.05) is 17.6 Å². The van der Waals surface area contributed by atoms with Gasteiger partial charge in [-0.05, 0) is 36.8 Å². The molecule has 3 nitrogen and oxygen atoms in total. The normalized spacial score (nSPS) is 14.6. The van der Waals surface area contributed by atoms with E-state index in [1.807, 2.05) is 32.0 Å². The number of para-hydroxylation sites is 1. The van der Waals surface area contributed by atoms with Gasteiger partial charge < -0.3 is 11.1 Å². The van der Waals surface area contributed by atoms with Crippen LogP contribution in [0.3, 0.4) is 0 Å². The molecule has 0 aromatic heterocycles. The van der Waals surface area contributed by atoms with E-state index >= 15 is 0 Å². The number of hydrogen-bond donors (Lipinski definition) is 2. The summed E-state index contributed by atoms with van der Waals surface area (Å²) in [6.45, 7) is 10.5. The maximum Gasteiger partial charge on any atom is 0.227 e. The molecule has 2 unspecified atom stereocenters. The number of benzene rings is 1. The highest BCUT2D eigenvalue weighted by atomic mass is 16.1. The zero-order valence-corrected chi connectivity index (χ0v) is 14.1. The third-order valence-electron chi connectivity index (χ3n) is 3.74. The summed E-state index contributed by atoms with van der Waals surface area (Å²) < 4.78 is 0. The first kappa shape index (κ1) is 17.7. The molecular weight excluding hydrogens is 260 g/mol. The Kier molecular flexibility index (Phi) is 6.41. The van der Waals surface area contributed by atoms with E-state index in [1.54, 1.807) is 0 Å². The predicted molar refractivity (Wildman–Crippen MR) is 90.4 cm³/mol. The van der Waals surface area contributed by atoms with Crippen LogP contribution in [-0.4, -0.2) is 11.9 Å². The zero-order chi connectivity index (χ0) is 16.0. The van der Waals surface area contributed by atoms with Crippen molar-refractivity contribution in [3.05, 3.63) is 29.8 Å². The summed E-state index contributed by atoms with van der Waals surface area (Å²) in [5, 5.41) is 3.08. The van der Waals surface area contributed by atoms with Gasteiger partial charge >= 0.3 is 0 Å². The molecule has 1 aromatic carbocycles. The van der Waals surface area contributed by atoms with Crippen molar-refractivity contribution >= 4 is 11.6 Å². The molecule has 118 valence electrons. The summed E-state index contributed by atoms with van der Waals surface area (Å²) in [5.74, 6) is 0.105. The fraction of sp³-hybridized carbons (Fsp3) is 0.611. The molecule has 0 heterocycles. The molecule has 0 spiro atoms. The van der Waals surface area contributed by atoms with E-state index in [0.717, 1.165) is 24.9 Å². The van der Waals surface area contributed by atoms with E-state index in [0.29, 0.717) is 0 Å². The molecule has 3 N–H and O–H groups in total. The summed E-state index contributed by atoms with van der Waals surface area (Å²) in [7, 11) is 0. The molecule has 0 aliphatic heterocycles. The monoisotopic (exact) mass is 290 g/mol. The lowest BCUT2D eigenvalue weighted by Crippen LogP contribution is -2.24. The Bertz CT molecular complexity index is 461. The highest BCUT2D eigenvalue weighted by Gasteiger charge is 2.20. The van der Waals surface area contributed by atoms with Crippen molar-refractivity contribution < 1.29 is 4.79 Å². The zero-order valence-electron chi connectivity index (χ0n) is 14.1. The summed E-state index contributed by atoms with van der Waals surface area (Å²) in [6.07, 6.45) is 2.84. The van der Waals surface area contributed by atoms with Crippen LogP contribution < -0.4 is 11.1 Å². The first-order chi connectivity index (χ1) is 9.71. The van der Waals surface area contributed by atoms with Crippen molar-refractivity contribution in [2.45, 2.75) is 65.3 Å². The Hall–Kier alpha value is -1.35. The van der Waals surface area contributed by atoms with E-state index in [4.69, 9.17) is 5.73 Å². The second-order valence-electron chi connectivity index (χ2n) is 7.09. The minimum atomic E-state index is 0.0109. The highest BCUT2D eigenvalue weighted by molar-refractivity contribution is 5.93. The van der Waals surface area contributed by atoms with Gasteiger partial charge in [-0.1, -0.05) is 52.3 Å². The minimum absolute atomic E-state index is 0.0109. The van der Waals surface area contributed by atoms with E-state index in [2.05, 4.69) is 32.2 Å². The van der Waals surface area contributed by atoms with Gasteiger partial charge in [0.25, 0.3) is 0 Å². The molecule has 0 fully saturated rings. The average molecular weight is 290 g/mol. The van der Waals surface area contributed by atoms with Gasteiger partial charge in [0.15, 0.2) is 0 Å². The molecule has 3 heteroatoms. The van der Waals surface area contributed by atoms with Crippen molar-refractivity contribution in [1.29, 1.82) is 0 Å². The van der Waals surface area contributed by atoms with Gasteiger partial charge in [-0.25, -0.2) is 0 Å². The average Bonchev–Trinajstić information content (AvgIpc) is 2.37. The van der Waals surface area contributed by atoms with Gasteiger partial charge in [-0.15, -0.1) is 0 Å². The maximum atomic E-state index is 12.3. The fourth-order valence-electron chi connectivity index (χ4n) is 2.38. The number of rotatable bonds is 6. The van der Waals surface area contributed by atoms with Crippen LogP contribution >= 0.6 is 0 Å². The SMILES string of the molecule is CC(N)CCCC(C)C(=O)Nc1ccccc1C(C)(C)C. The van der Waals surface area contributed by atoms with Crippen molar-refractivity contribution in [2.75, 3.05) is 5.32 Å². The first-order valence-corrected chi connectivity index (χ1v) is 7.87. The van der Waals surface area contributed by atoms with Crippen LogP contribution in [0.2, 0.25) is 0 Å². The molecule has 0 bridgehead atoms. The summed E-state index contributed by atoms with van der Waals surface area (Å²) in [4.78, 5) is 12.3. The minimum Gasteiger partial charge on any atom is -0.328 e. The van der Waals surface area contributed by atoms with E-state index in [1.165, 1.54) is 5.56 Å². The summed E-state index contributed by atoms with van der Waals surface area (Å²) >= 11 is 0. The van der Waals surface area contributed by atoms with Gasteiger partial charge in [0.05, 0.1) is 0 Å². The molecule has 1 aromatic rings. The van der Waals surface area contributed by atoms with Crippen LogP contribution in [-0.2, 0) is 10.2 Å². The Balaban J connectivity index is 2.67. The Morgan fingerprint density at radius 2 is 1.81 bits per heavy atom. The van der Waals surface area contributed by atoms with Crippen LogP contribution in [0.25, 0.3) is 0 Å². The van der Waals surface area contributed by atoms with Crippen molar-refractivity contribution in [3.8, 4) is 0 Å². The van der Waals surface area contributed by atoms with Crippen molar-refractivity contribution in [1.82, 2.24) is 0 Å². The number of amides is 1. The molecule has 0 radical (unpaired) electrons. The number of carbonyl (C=O) groups is 1. The van der Waals surface area contributed by atoms with Gasteiger partial charge in [0.1, 0.15) is 0 Å². The quantitative estimate of drug-likeness (QED) is 0.829. The number of anilines is 1. The summed E-state index contributed by atoms with van der Waals surface area (Å²) in [6, 6.07) is 8.25. The number of hydrogen-bond acceptors (Lipinski definition) is 2. The van der Waals surface area contributed by atoms with Gasteiger partial charge in [0.2, 0.25) is 5.91 Å². The Labute approximate surface area is 129 Å². The highest BCUT2D eigenvalue weighted by Crippen LogP contribution is 2.29. The lowest BCUT2D eigenvalue weighted by molar-refractivity contribution is -0.119. The smallest absolute Gasteiger partial charge is 0.227 e. The van der Waals surface area contributed by atoms with Crippen LogP contribution in [0, 0.1) is 5.92 Å². The van der Waals surface area contributed by atoms with Crippen LogP contribution in [0.5, 0.6) is 0 Å². The lowest BCUT2D eigenvalue weighted by Gasteiger charge is -2.23. The van der Waals surface area contributed by atoms with Gasteiger partial charge in [-0.3, -0.25) is 4.79 Å². The molecule has 21 heavy (non-hydrogen) atoms. The molecule has 2 atom stereocenters. The number of nitrogens with two attached hydrogens (primary N) is 1. The largest absolute Gasteiger partial charge is 0.328 e. The van der Waals surface area contributed by atoms with Crippen molar-refractivity contribution in [3.63, 3.8) is 0 Å². The Morgan fingerprint density at radius 3 is 2.38 bits per heavy atom. The van der Waals surface area contributed by atoms with Crippen LogP contribution in [0.1, 0.15) is 59.4 Å². The van der Waals surface area contributed by atoms with E-state index < -0.39 is 0 Å². The van der Waals surface area contributed by atoms with E-state index in [-0.39, 0.29) is 23.3 Å². The van der Waals surface area contributed by atoms with Crippen LogP contribution in [0.4, 0.5) is 5.69 Å². The van der Waals surface area contributed by atoms with E-state index in [9.17, 15) is 4.79 Å². The molecule has 0 aliphatic rings. The lowest BCUT2D eigenvalue weighted by atomic mass is 9.85. The van der Waals surface area contributed by atoms with Gasteiger partial charge in [-0.2, -0.15) is 0 Å². The Morgan fingerprint density at radius 1 is 1.19 bits per heavy atom.